The number of hydrogen-bond acceptors (Lipinski definition) is 2. The van der Waals surface area contributed by atoms with Gasteiger partial charge in [0.05, 0.1) is 6.42 Å². The van der Waals surface area contributed by atoms with E-state index in [9.17, 15) is 18.0 Å². The Bertz CT molecular complexity index is 216. The largest absolute Gasteiger partial charge is 0.389 e. The minimum atomic E-state index is -4.29. The lowest BCUT2D eigenvalue weighted by Crippen LogP contribution is -2.36. The average molecular weight is 226 g/mol. The lowest BCUT2D eigenvalue weighted by Gasteiger charge is -2.28. The molecule has 2 nitrogen and oxygen atoms in total. The number of Topliss-reactive ketones (excluding diaryl/α,β-unsaturated/α-hetero) is 1. The van der Waals surface area contributed by atoms with Crippen LogP contribution in [0.15, 0.2) is 0 Å². The summed E-state index contributed by atoms with van der Waals surface area (Å²) in [7, 11) is 1.33. The Balaban J connectivity index is 4.31. The molecule has 0 aliphatic rings. The Kier molecular flexibility index (Phi) is 4.77. The van der Waals surface area contributed by atoms with Crippen LogP contribution in [0.4, 0.5) is 13.2 Å². The molecule has 0 spiro atoms. The smallest absolute Gasteiger partial charge is 0.373 e. The highest BCUT2D eigenvalue weighted by atomic mass is 19.4. The van der Waals surface area contributed by atoms with Gasteiger partial charge in [-0.2, -0.15) is 13.2 Å². The predicted octanol–water partition coefficient (Wildman–Crippen LogP) is 2.96. The summed E-state index contributed by atoms with van der Waals surface area (Å²) in [5.74, 6) is -0.498. The first kappa shape index (κ1) is 14.4. The van der Waals surface area contributed by atoms with E-state index in [1.54, 1.807) is 20.8 Å². The summed E-state index contributed by atoms with van der Waals surface area (Å²) >= 11 is 0. The first-order chi connectivity index (χ1) is 6.58. The van der Waals surface area contributed by atoms with Crippen molar-refractivity contribution in [1.82, 2.24) is 0 Å². The van der Waals surface area contributed by atoms with E-state index < -0.39 is 36.3 Å². The fourth-order valence-corrected chi connectivity index (χ4v) is 1.36. The molecule has 0 aromatic rings. The third-order valence-electron chi connectivity index (χ3n) is 1.97. The lowest BCUT2D eigenvalue weighted by molar-refractivity contribution is -0.150. The van der Waals surface area contributed by atoms with Gasteiger partial charge in [-0.05, 0) is 5.41 Å². The van der Waals surface area contributed by atoms with Crippen molar-refractivity contribution >= 4 is 5.78 Å². The Hall–Kier alpha value is -0.580. The number of methoxy groups -OCH3 is 1. The van der Waals surface area contributed by atoms with Gasteiger partial charge in [0.1, 0.15) is 6.10 Å². The number of halogens is 3. The number of hydrogen-bond donors (Lipinski definition) is 0. The maximum atomic E-state index is 11.9. The highest BCUT2D eigenvalue weighted by Gasteiger charge is 2.34. The van der Waals surface area contributed by atoms with Crippen LogP contribution in [0.3, 0.4) is 0 Å². The molecule has 5 heteroatoms. The van der Waals surface area contributed by atoms with Crippen molar-refractivity contribution in [2.75, 3.05) is 7.11 Å². The summed E-state index contributed by atoms with van der Waals surface area (Å²) in [4.78, 5) is 11.4. The lowest BCUT2D eigenvalue weighted by atomic mass is 9.85. The fourth-order valence-electron chi connectivity index (χ4n) is 1.36. The maximum Gasteiger partial charge on any atom is 0.389 e. The number of ketones is 1. The summed E-state index contributed by atoms with van der Waals surface area (Å²) in [5, 5.41) is 0. The van der Waals surface area contributed by atoms with Gasteiger partial charge < -0.3 is 4.74 Å². The molecular formula is C10H17F3O2. The Morgan fingerprint density at radius 2 is 1.73 bits per heavy atom. The second kappa shape index (κ2) is 4.96. The normalized spacial score (nSPS) is 15.1. The summed E-state index contributed by atoms with van der Waals surface area (Å²) in [6, 6.07) is 0. The average Bonchev–Trinajstić information content (AvgIpc) is 1.98. The fraction of sp³-hybridized carbons (Fsp3) is 0.900. The van der Waals surface area contributed by atoms with Crippen molar-refractivity contribution in [2.45, 2.75) is 45.9 Å². The molecule has 0 heterocycles. The second-order valence-corrected chi connectivity index (χ2v) is 4.56. The zero-order valence-electron chi connectivity index (χ0n) is 9.44. The molecule has 0 amide bonds. The first-order valence-electron chi connectivity index (χ1n) is 4.70. The molecule has 0 radical (unpaired) electrons. The second-order valence-electron chi connectivity index (χ2n) is 4.56. The number of ether oxygens (including phenoxy) is 1. The van der Waals surface area contributed by atoms with E-state index in [2.05, 4.69) is 0 Å². The van der Waals surface area contributed by atoms with Gasteiger partial charge in [0.25, 0.3) is 0 Å². The van der Waals surface area contributed by atoms with Crippen LogP contribution in [-0.2, 0) is 9.53 Å². The van der Waals surface area contributed by atoms with Crippen LogP contribution >= 0.6 is 0 Å². The van der Waals surface area contributed by atoms with Gasteiger partial charge in [0.15, 0.2) is 5.78 Å². The van der Waals surface area contributed by atoms with E-state index in [1.807, 2.05) is 0 Å². The summed E-state index contributed by atoms with van der Waals surface area (Å²) in [6.07, 6.45) is -6.66. The predicted molar refractivity (Wildman–Crippen MR) is 50.5 cm³/mol. The molecule has 0 bridgehead atoms. The molecule has 0 rings (SSSR count). The van der Waals surface area contributed by atoms with E-state index in [-0.39, 0.29) is 0 Å². The maximum absolute atomic E-state index is 11.9. The molecule has 15 heavy (non-hydrogen) atoms. The van der Waals surface area contributed by atoms with Crippen LogP contribution in [-0.4, -0.2) is 25.2 Å². The van der Waals surface area contributed by atoms with E-state index in [0.717, 1.165) is 0 Å². The SMILES string of the molecule is COC(C(=O)CCC(F)(F)F)C(C)(C)C. The van der Waals surface area contributed by atoms with E-state index in [4.69, 9.17) is 4.74 Å². The molecule has 1 unspecified atom stereocenters. The Morgan fingerprint density at radius 1 is 1.27 bits per heavy atom. The molecular weight excluding hydrogens is 209 g/mol. The Labute approximate surface area is 87.8 Å². The topological polar surface area (TPSA) is 26.3 Å². The number of carbonyl (C=O) groups is 1. The number of alkyl halides is 3. The van der Waals surface area contributed by atoms with Gasteiger partial charge >= 0.3 is 6.18 Å². The summed E-state index contributed by atoms with van der Waals surface area (Å²) < 4.78 is 40.6. The van der Waals surface area contributed by atoms with Crippen molar-refractivity contribution in [3.63, 3.8) is 0 Å². The van der Waals surface area contributed by atoms with Crippen molar-refractivity contribution in [3.05, 3.63) is 0 Å². The summed E-state index contributed by atoms with van der Waals surface area (Å²) in [5.41, 5.74) is -0.475. The van der Waals surface area contributed by atoms with Gasteiger partial charge in [0.2, 0.25) is 0 Å². The molecule has 0 aliphatic carbocycles. The van der Waals surface area contributed by atoms with Crippen molar-refractivity contribution in [3.8, 4) is 0 Å². The van der Waals surface area contributed by atoms with Crippen LogP contribution in [0.1, 0.15) is 33.6 Å². The molecule has 0 aromatic carbocycles. The molecule has 0 N–H and O–H groups in total. The minimum absolute atomic E-state index is 0.475. The van der Waals surface area contributed by atoms with E-state index in [0.29, 0.717) is 0 Å². The highest BCUT2D eigenvalue weighted by molar-refractivity contribution is 5.83. The molecule has 0 saturated heterocycles. The van der Waals surface area contributed by atoms with Crippen molar-refractivity contribution in [1.29, 1.82) is 0 Å². The van der Waals surface area contributed by atoms with Gasteiger partial charge in [-0.25, -0.2) is 0 Å². The monoisotopic (exact) mass is 226 g/mol. The zero-order chi connectivity index (χ0) is 12.3. The van der Waals surface area contributed by atoms with Crippen LogP contribution in [0, 0.1) is 5.41 Å². The molecule has 0 saturated carbocycles. The standard InChI is InChI=1S/C10H17F3O2/c1-9(2,3)8(15-4)7(14)5-6-10(11,12)13/h8H,5-6H2,1-4H3. The van der Waals surface area contributed by atoms with E-state index in [1.165, 1.54) is 7.11 Å². The number of rotatable bonds is 4. The highest BCUT2D eigenvalue weighted by Crippen LogP contribution is 2.27. The third-order valence-corrected chi connectivity index (χ3v) is 1.97. The first-order valence-corrected chi connectivity index (χ1v) is 4.70. The van der Waals surface area contributed by atoms with Gasteiger partial charge in [0, 0.05) is 13.5 Å². The quantitative estimate of drug-likeness (QED) is 0.736. The van der Waals surface area contributed by atoms with E-state index >= 15 is 0 Å². The molecule has 0 aliphatic heterocycles. The van der Waals surface area contributed by atoms with Gasteiger partial charge in [-0.1, -0.05) is 20.8 Å². The molecule has 0 aromatic heterocycles. The third kappa shape index (κ3) is 5.77. The van der Waals surface area contributed by atoms with Crippen LogP contribution in [0.2, 0.25) is 0 Å². The molecule has 0 fully saturated rings. The van der Waals surface area contributed by atoms with Crippen LogP contribution in [0.5, 0.6) is 0 Å². The minimum Gasteiger partial charge on any atom is -0.373 e. The van der Waals surface area contributed by atoms with Crippen LogP contribution in [0.25, 0.3) is 0 Å². The zero-order valence-corrected chi connectivity index (χ0v) is 9.44. The molecule has 90 valence electrons. The Morgan fingerprint density at radius 3 is 2.00 bits per heavy atom. The van der Waals surface area contributed by atoms with Gasteiger partial charge in [-0.3, -0.25) is 4.79 Å². The van der Waals surface area contributed by atoms with Crippen molar-refractivity contribution in [2.24, 2.45) is 5.41 Å². The molecule has 1 atom stereocenters. The van der Waals surface area contributed by atoms with Gasteiger partial charge in [-0.15, -0.1) is 0 Å². The number of carbonyl (C=O) groups excluding carboxylic acids is 1. The summed E-state index contributed by atoms with van der Waals surface area (Å²) in [6.45, 7) is 5.27. The van der Waals surface area contributed by atoms with Crippen molar-refractivity contribution < 1.29 is 22.7 Å². The van der Waals surface area contributed by atoms with Crippen LogP contribution < -0.4 is 0 Å².